The van der Waals surface area contributed by atoms with E-state index in [9.17, 15) is 0 Å². The lowest BCUT2D eigenvalue weighted by atomic mass is 10.1. The second kappa shape index (κ2) is 5.21. The van der Waals surface area contributed by atoms with Crippen molar-refractivity contribution >= 4 is 54.8 Å². The van der Waals surface area contributed by atoms with E-state index in [2.05, 4.69) is 49.4 Å². The van der Waals surface area contributed by atoms with Crippen molar-refractivity contribution in [1.29, 1.82) is 0 Å². The smallest absolute Gasteiger partial charge is 0.0749 e. The molecule has 1 aromatic carbocycles. The summed E-state index contributed by atoms with van der Waals surface area (Å²) in [6.45, 7) is 2.01. The van der Waals surface area contributed by atoms with E-state index >= 15 is 0 Å². The second-order valence-corrected chi connectivity index (χ2v) is 6.63. The molecule has 84 valence electrons. The van der Waals surface area contributed by atoms with E-state index in [1.165, 1.54) is 10.4 Å². The van der Waals surface area contributed by atoms with Gasteiger partial charge in [0.15, 0.2) is 0 Å². The van der Waals surface area contributed by atoms with Crippen LogP contribution in [0.5, 0.6) is 0 Å². The first-order valence-electron chi connectivity index (χ1n) is 4.72. The Bertz CT molecular complexity index is 507. The standard InChI is InChI=1S/C12H9Br2ClS/c1-7-2-3-8(6-10(7)15)11(14)12-9(13)4-5-16-12/h2-6,11H,1H3. The highest BCUT2D eigenvalue weighted by Gasteiger charge is 2.15. The molecule has 4 heteroatoms. The summed E-state index contributed by atoms with van der Waals surface area (Å²) in [5.41, 5.74) is 2.29. The lowest BCUT2D eigenvalue weighted by Crippen LogP contribution is -1.91. The number of alkyl halides is 1. The van der Waals surface area contributed by atoms with E-state index in [1.807, 2.05) is 19.1 Å². The molecule has 1 aromatic heterocycles. The largest absolute Gasteiger partial charge is 0.146 e. The average molecular weight is 381 g/mol. The van der Waals surface area contributed by atoms with Crippen molar-refractivity contribution in [3.8, 4) is 0 Å². The van der Waals surface area contributed by atoms with Crippen LogP contribution < -0.4 is 0 Å². The fourth-order valence-corrected chi connectivity index (χ4v) is 4.36. The molecular weight excluding hydrogens is 371 g/mol. The van der Waals surface area contributed by atoms with E-state index in [0.717, 1.165) is 15.1 Å². The van der Waals surface area contributed by atoms with E-state index in [0.29, 0.717) is 0 Å². The lowest BCUT2D eigenvalue weighted by molar-refractivity contribution is 1.21. The van der Waals surface area contributed by atoms with Crippen LogP contribution in [0.25, 0.3) is 0 Å². The van der Waals surface area contributed by atoms with Crippen molar-refractivity contribution < 1.29 is 0 Å². The molecule has 0 aliphatic rings. The summed E-state index contributed by atoms with van der Waals surface area (Å²) in [4.78, 5) is 1.46. The number of benzene rings is 1. The van der Waals surface area contributed by atoms with Crippen molar-refractivity contribution in [1.82, 2.24) is 0 Å². The van der Waals surface area contributed by atoms with Gasteiger partial charge in [0.2, 0.25) is 0 Å². The minimum Gasteiger partial charge on any atom is -0.146 e. The normalized spacial score (nSPS) is 12.8. The maximum Gasteiger partial charge on any atom is 0.0749 e. The van der Waals surface area contributed by atoms with Crippen molar-refractivity contribution in [2.24, 2.45) is 0 Å². The zero-order chi connectivity index (χ0) is 11.7. The SMILES string of the molecule is Cc1ccc(C(Br)c2sccc2Br)cc1Cl. The molecule has 0 saturated heterocycles. The van der Waals surface area contributed by atoms with Gasteiger partial charge >= 0.3 is 0 Å². The quantitative estimate of drug-likeness (QED) is 0.564. The first-order chi connectivity index (χ1) is 7.59. The van der Waals surface area contributed by atoms with Crippen molar-refractivity contribution in [3.05, 3.63) is 55.1 Å². The second-order valence-electron chi connectivity index (χ2n) is 3.50. The van der Waals surface area contributed by atoms with E-state index in [1.54, 1.807) is 11.3 Å². The van der Waals surface area contributed by atoms with Gasteiger partial charge in [0, 0.05) is 14.4 Å². The molecule has 0 saturated carbocycles. The molecule has 0 radical (unpaired) electrons. The predicted octanol–water partition coefficient (Wildman–Crippen LogP) is 5.96. The van der Waals surface area contributed by atoms with Gasteiger partial charge in [0.05, 0.1) is 4.83 Å². The van der Waals surface area contributed by atoms with Crippen LogP contribution in [-0.2, 0) is 0 Å². The maximum atomic E-state index is 6.13. The molecule has 0 nitrogen and oxygen atoms in total. The summed E-state index contributed by atoms with van der Waals surface area (Å²) in [6.07, 6.45) is 0. The van der Waals surface area contributed by atoms with Crippen LogP contribution in [0.4, 0.5) is 0 Å². The van der Waals surface area contributed by atoms with Gasteiger partial charge in [-0.25, -0.2) is 0 Å². The van der Waals surface area contributed by atoms with E-state index in [4.69, 9.17) is 11.6 Å². The molecular formula is C12H9Br2ClS. The highest BCUT2D eigenvalue weighted by atomic mass is 79.9. The zero-order valence-electron chi connectivity index (χ0n) is 8.51. The van der Waals surface area contributed by atoms with Gasteiger partial charge in [-0.2, -0.15) is 0 Å². The van der Waals surface area contributed by atoms with Gasteiger partial charge < -0.3 is 0 Å². The maximum absolute atomic E-state index is 6.13. The first-order valence-corrected chi connectivity index (χ1v) is 7.69. The minimum atomic E-state index is 0.194. The molecule has 1 atom stereocenters. The first kappa shape index (κ1) is 12.6. The van der Waals surface area contributed by atoms with Gasteiger partial charge in [0.1, 0.15) is 0 Å². The number of hydrogen-bond acceptors (Lipinski definition) is 1. The lowest BCUT2D eigenvalue weighted by Gasteiger charge is -2.10. The van der Waals surface area contributed by atoms with Crippen LogP contribution in [-0.4, -0.2) is 0 Å². The fraction of sp³-hybridized carbons (Fsp3) is 0.167. The zero-order valence-corrected chi connectivity index (χ0v) is 13.3. The third-order valence-corrected chi connectivity index (χ3v) is 6.00. The number of aryl methyl sites for hydroxylation is 1. The van der Waals surface area contributed by atoms with Crippen molar-refractivity contribution in [2.45, 2.75) is 11.8 Å². The molecule has 1 heterocycles. The van der Waals surface area contributed by atoms with Gasteiger partial charge in [-0.1, -0.05) is 39.7 Å². The molecule has 0 amide bonds. The fourth-order valence-electron chi connectivity index (χ4n) is 1.40. The molecule has 16 heavy (non-hydrogen) atoms. The Labute approximate surface area is 121 Å². The summed E-state index contributed by atoms with van der Waals surface area (Å²) in [5.74, 6) is 0. The predicted molar refractivity (Wildman–Crippen MR) is 79.0 cm³/mol. The van der Waals surface area contributed by atoms with Crippen molar-refractivity contribution in [2.75, 3.05) is 0 Å². The Morgan fingerprint density at radius 1 is 1.31 bits per heavy atom. The Balaban J connectivity index is 2.38. The van der Waals surface area contributed by atoms with Crippen molar-refractivity contribution in [3.63, 3.8) is 0 Å². The molecule has 0 aliphatic heterocycles. The molecule has 1 unspecified atom stereocenters. The molecule has 2 aromatic rings. The van der Waals surface area contributed by atoms with E-state index < -0.39 is 0 Å². The number of thiophene rings is 1. The number of rotatable bonds is 2. The van der Waals surface area contributed by atoms with Crippen LogP contribution in [0.2, 0.25) is 5.02 Å². The van der Waals surface area contributed by atoms with Crippen LogP contribution in [0.1, 0.15) is 20.8 Å². The molecule has 0 fully saturated rings. The third-order valence-electron chi connectivity index (χ3n) is 2.36. The molecule has 2 rings (SSSR count). The summed E-state index contributed by atoms with van der Waals surface area (Å²) < 4.78 is 1.14. The van der Waals surface area contributed by atoms with Gasteiger partial charge in [-0.15, -0.1) is 11.3 Å². The minimum absolute atomic E-state index is 0.194. The van der Waals surface area contributed by atoms with Crippen LogP contribution in [0.15, 0.2) is 34.1 Å². The Morgan fingerprint density at radius 2 is 2.06 bits per heavy atom. The Hall–Kier alpha value is 0.170. The number of hydrogen-bond donors (Lipinski definition) is 0. The Kier molecular flexibility index (Phi) is 4.11. The summed E-state index contributed by atoms with van der Waals surface area (Å²) in [6, 6.07) is 8.23. The van der Waals surface area contributed by atoms with Gasteiger partial charge in [0.25, 0.3) is 0 Å². The summed E-state index contributed by atoms with van der Waals surface area (Å²) in [5, 5.41) is 2.89. The van der Waals surface area contributed by atoms with Crippen LogP contribution in [0.3, 0.4) is 0 Å². The molecule has 0 spiro atoms. The molecule has 0 aliphatic carbocycles. The summed E-state index contributed by atoms with van der Waals surface area (Å²) in [7, 11) is 0. The molecule has 0 N–H and O–H groups in total. The highest BCUT2D eigenvalue weighted by Crippen LogP contribution is 2.39. The average Bonchev–Trinajstić information content (AvgIpc) is 2.67. The van der Waals surface area contributed by atoms with Gasteiger partial charge in [-0.3, -0.25) is 0 Å². The third kappa shape index (κ3) is 2.53. The van der Waals surface area contributed by atoms with E-state index in [-0.39, 0.29) is 4.83 Å². The topological polar surface area (TPSA) is 0 Å². The summed E-state index contributed by atoms with van der Waals surface area (Å²) >= 11 is 15.1. The number of halogens is 3. The monoisotopic (exact) mass is 378 g/mol. The Morgan fingerprint density at radius 3 is 2.62 bits per heavy atom. The van der Waals surface area contributed by atoms with Crippen LogP contribution in [0, 0.1) is 6.92 Å². The highest BCUT2D eigenvalue weighted by molar-refractivity contribution is 9.11. The molecule has 0 bridgehead atoms. The van der Waals surface area contributed by atoms with Gasteiger partial charge in [-0.05, 0) is 51.5 Å². The van der Waals surface area contributed by atoms with Crippen LogP contribution >= 0.6 is 54.8 Å².